The summed E-state index contributed by atoms with van der Waals surface area (Å²) in [6.45, 7) is 3.89. The van der Waals surface area contributed by atoms with Gasteiger partial charge in [-0.25, -0.2) is 0 Å². The van der Waals surface area contributed by atoms with E-state index >= 15 is 0 Å². The molecule has 1 aliphatic rings. The monoisotopic (exact) mass is 230 g/mol. The van der Waals surface area contributed by atoms with Gasteiger partial charge in [0.15, 0.2) is 0 Å². The number of nitrogens with zero attached hydrogens (tertiary/aromatic N) is 2. The number of aromatic nitrogens is 1. The Kier molecular flexibility index (Phi) is 2.88. The number of aryl methyl sites for hydroxylation is 1. The molecule has 5 heteroatoms. The van der Waals surface area contributed by atoms with Gasteiger partial charge in [0, 0.05) is 18.4 Å². The molecule has 16 heavy (non-hydrogen) atoms. The molecule has 0 bridgehead atoms. The number of alkyl halides is 3. The van der Waals surface area contributed by atoms with Crippen LogP contribution in [0.2, 0.25) is 0 Å². The van der Waals surface area contributed by atoms with E-state index in [4.69, 9.17) is 0 Å². The lowest BCUT2D eigenvalue weighted by molar-refractivity contribution is -0.138. The molecule has 0 amide bonds. The number of pyridine rings is 1. The van der Waals surface area contributed by atoms with Gasteiger partial charge in [0.25, 0.3) is 0 Å². The highest BCUT2D eigenvalue weighted by Gasteiger charge is 2.33. The van der Waals surface area contributed by atoms with Crippen LogP contribution in [0.5, 0.6) is 0 Å². The number of halogens is 3. The van der Waals surface area contributed by atoms with Crippen molar-refractivity contribution in [3.63, 3.8) is 0 Å². The van der Waals surface area contributed by atoms with Crippen LogP contribution in [0.25, 0.3) is 0 Å². The van der Waals surface area contributed by atoms with Crippen molar-refractivity contribution >= 4 is 0 Å². The second-order valence-corrected chi connectivity index (χ2v) is 4.10. The van der Waals surface area contributed by atoms with Crippen molar-refractivity contribution in [3.05, 3.63) is 29.1 Å². The molecule has 1 saturated heterocycles. The summed E-state index contributed by atoms with van der Waals surface area (Å²) in [7, 11) is 0. The van der Waals surface area contributed by atoms with E-state index in [0.29, 0.717) is 12.1 Å². The number of hydrogen-bond acceptors (Lipinski definition) is 2. The van der Waals surface area contributed by atoms with Crippen molar-refractivity contribution < 1.29 is 13.2 Å². The highest BCUT2D eigenvalue weighted by molar-refractivity contribution is 5.27. The Hall–Kier alpha value is -1.10. The summed E-state index contributed by atoms with van der Waals surface area (Å²) in [6.07, 6.45) is -1.64. The third kappa shape index (κ3) is 2.35. The summed E-state index contributed by atoms with van der Waals surface area (Å²) >= 11 is 0. The van der Waals surface area contributed by atoms with E-state index < -0.39 is 11.7 Å². The fraction of sp³-hybridized carbons (Fsp3) is 0.545. The number of hydrogen-bond donors (Lipinski definition) is 0. The van der Waals surface area contributed by atoms with Crippen LogP contribution in [0.4, 0.5) is 13.2 Å². The van der Waals surface area contributed by atoms with E-state index in [-0.39, 0.29) is 5.69 Å². The summed E-state index contributed by atoms with van der Waals surface area (Å²) in [5.41, 5.74) is 0.0583. The molecule has 2 nitrogen and oxygen atoms in total. The Labute approximate surface area is 92.1 Å². The van der Waals surface area contributed by atoms with Gasteiger partial charge in [-0.3, -0.25) is 9.88 Å². The molecule has 0 unspecified atom stereocenters. The molecule has 0 spiro atoms. The first-order valence-corrected chi connectivity index (χ1v) is 5.22. The van der Waals surface area contributed by atoms with Crippen LogP contribution >= 0.6 is 0 Å². The predicted octanol–water partition coefficient (Wildman–Crippen LogP) is 2.61. The van der Waals surface area contributed by atoms with Crippen molar-refractivity contribution in [1.82, 2.24) is 9.88 Å². The van der Waals surface area contributed by atoms with Gasteiger partial charge in [-0.05, 0) is 38.1 Å². The zero-order chi connectivity index (χ0) is 11.8. The third-order valence-electron chi connectivity index (χ3n) is 2.80. The predicted molar refractivity (Wildman–Crippen MR) is 53.9 cm³/mol. The van der Waals surface area contributed by atoms with E-state index in [2.05, 4.69) is 9.88 Å². The second kappa shape index (κ2) is 4.05. The first-order chi connectivity index (χ1) is 7.47. The summed E-state index contributed by atoms with van der Waals surface area (Å²) in [4.78, 5) is 5.91. The van der Waals surface area contributed by atoms with Crippen LogP contribution in [0.15, 0.2) is 12.3 Å². The Balaban J connectivity index is 2.20. The molecule has 0 aliphatic carbocycles. The van der Waals surface area contributed by atoms with Crippen molar-refractivity contribution in [1.29, 1.82) is 0 Å². The van der Waals surface area contributed by atoms with Crippen LogP contribution in [0.3, 0.4) is 0 Å². The van der Waals surface area contributed by atoms with Gasteiger partial charge >= 0.3 is 6.18 Å². The molecule has 88 valence electrons. The van der Waals surface area contributed by atoms with Crippen LogP contribution < -0.4 is 0 Å². The van der Waals surface area contributed by atoms with Gasteiger partial charge in [0.1, 0.15) is 0 Å². The average molecular weight is 230 g/mol. The minimum absolute atomic E-state index is 0.0415. The van der Waals surface area contributed by atoms with Gasteiger partial charge in [0.2, 0.25) is 0 Å². The normalized spacial score (nSPS) is 17.2. The maximum Gasteiger partial charge on any atom is 0.418 e. The summed E-state index contributed by atoms with van der Waals surface area (Å²) in [5, 5.41) is 0. The lowest BCUT2D eigenvalue weighted by Crippen LogP contribution is -2.36. The maximum absolute atomic E-state index is 12.6. The Morgan fingerprint density at radius 1 is 1.38 bits per heavy atom. The van der Waals surface area contributed by atoms with Gasteiger partial charge in [-0.1, -0.05) is 0 Å². The third-order valence-corrected chi connectivity index (χ3v) is 2.80. The summed E-state index contributed by atoms with van der Waals surface area (Å²) < 4.78 is 37.8. The van der Waals surface area contributed by atoms with Crippen molar-refractivity contribution in [3.8, 4) is 0 Å². The van der Waals surface area contributed by atoms with Crippen LogP contribution in [-0.2, 0) is 12.7 Å². The molecule has 2 heterocycles. The largest absolute Gasteiger partial charge is 0.418 e. The van der Waals surface area contributed by atoms with Crippen LogP contribution in [-0.4, -0.2) is 23.0 Å². The fourth-order valence-corrected chi connectivity index (χ4v) is 1.75. The SMILES string of the molecule is Cc1ncc(CN2CCC2)cc1C(F)(F)F. The molecule has 1 aromatic rings. The Morgan fingerprint density at radius 2 is 2.06 bits per heavy atom. The van der Waals surface area contributed by atoms with E-state index in [1.807, 2.05) is 0 Å². The standard InChI is InChI=1S/C11H13F3N2/c1-8-10(11(12,13)14)5-9(6-15-8)7-16-3-2-4-16/h5-6H,2-4,7H2,1H3. The topological polar surface area (TPSA) is 16.1 Å². The molecule has 0 aromatic carbocycles. The van der Waals surface area contributed by atoms with Crippen LogP contribution in [0.1, 0.15) is 23.2 Å². The van der Waals surface area contributed by atoms with Gasteiger partial charge in [0.05, 0.1) is 5.56 Å². The molecule has 0 saturated carbocycles. The molecular formula is C11H13F3N2. The Bertz CT molecular complexity index is 383. The highest BCUT2D eigenvalue weighted by atomic mass is 19.4. The zero-order valence-corrected chi connectivity index (χ0v) is 9.01. The molecular weight excluding hydrogens is 217 g/mol. The summed E-state index contributed by atoms with van der Waals surface area (Å²) in [6, 6.07) is 1.21. The van der Waals surface area contributed by atoms with E-state index in [9.17, 15) is 13.2 Å². The molecule has 0 N–H and O–H groups in total. The van der Waals surface area contributed by atoms with Gasteiger partial charge in [-0.15, -0.1) is 0 Å². The lowest BCUT2D eigenvalue weighted by atomic mass is 10.1. The average Bonchev–Trinajstić information content (AvgIpc) is 2.12. The van der Waals surface area contributed by atoms with Crippen LogP contribution in [0, 0.1) is 6.92 Å². The molecule has 1 aliphatic heterocycles. The quantitative estimate of drug-likeness (QED) is 0.776. The molecule has 0 atom stereocenters. The molecule has 2 rings (SSSR count). The zero-order valence-electron chi connectivity index (χ0n) is 9.01. The molecule has 1 fully saturated rings. The fourth-order valence-electron chi connectivity index (χ4n) is 1.75. The van der Waals surface area contributed by atoms with E-state index in [1.165, 1.54) is 19.2 Å². The maximum atomic E-state index is 12.6. The molecule has 0 radical (unpaired) electrons. The highest BCUT2D eigenvalue weighted by Crippen LogP contribution is 2.31. The summed E-state index contributed by atoms with van der Waals surface area (Å²) in [5.74, 6) is 0. The minimum Gasteiger partial charge on any atom is -0.299 e. The van der Waals surface area contributed by atoms with Gasteiger partial charge in [-0.2, -0.15) is 13.2 Å². The Morgan fingerprint density at radius 3 is 2.56 bits per heavy atom. The number of likely N-dealkylation sites (tertiary alicyclic amines) is 1. The van der Waals surface area contributed by atoms with E-state index in [0.717, 1.165) is 19.5 Å². The van der Waals surface area contributed by atoms with Crippen molar-refractivity contribution in [2.45, 2.75) is 26.1 Å². The second-order valence-electron chi connectivity index (χ2n) is 4.10. The van der Waals surface area contributed by atoms with Crippen molar-refractivity contribution in [2.24, 2.45) is 0 Å². The smallest absolute Gasteiger partial charge is 0.299 e. The van der Waals surface area contributed by atoms with Crippen molar-refractivity contribution in [2.75, 3.05) is 13.1 Å². The lowest BCUT2D eigenvalue weighted by Gasteiger charge is -2.30. The first-order valence-electron chi connectivity index (χ1n) is 5.22. The molecule has 1 aromatic heterocycles. The number of rotatable bonds is 2. The first kappa shape index (κ1) is 11.4. The minimum atomic E-state index is -4.30. The van der Waals surface area contributed by atoms with Gasteiger partial charge < -0.3 is 0 Å². The van der Waals surface area contributed by atoms with E-state index in [1.54, 1.807) is 0 Å².